The minimum absolute atomic E-state index is 0.154. The highest BCUT2D eigenvalue weighted by Gasteiger charge is 2.39. The fraction of sp³-hybridized carbons (Fsp3) is 0. The maximum atomic E-state index is 14.1. The van der Waals surface area contributed by atoms with Crippen LogP contribution in [0.4, 0.5) is 34.6 Å². The molecule has 46 heavy (non-hydrogen) atoms. The summed E-state index contributed by atoms with van der Waals surface area (Å²) in [5.41, 5.74) is 1.14. The van der Waals surface area contributed by atoms with Gasteiger partial charge in [-0.15, -0.1) is 0 Å². The predicted octanol–water partition coefficient (Wildman–Crippen LogP) is 6.72. The normalized spacial score (nSPS) is 11.5. The molecule has 0 aliphatic carbocycles. The van der Waals surface area contributed by atoms with Gasteiger partial charge in [0.15, 0.2) is 34.7 Å². The van der Waals surface area contributed by atoms with Gasteiger partial charge in [0.1, 0.15) is 23.5 Å². The molecule has 0 saturated heterocycles. The largest absolute Gasteiger partial charge is 0.287 e. The zero-order valence-corrected chi connectivity index (χ0v) is 23.9. The van der Waals surface area contributed by atoms with Crippen LogP contribution in [0.15, 0.2) is 121 Å². The second-order valence-corrected chi connectivity index (χ2v) is 10.1. The van der Waals surface area contributed by atoms with Gasteiger partial charge in [-0.2, -0.15) is 10.5 Å². The number of nitrogens with zero attached hydrogens (tertiary/aromatic N) is 8. The van der Waals surface area contributed by atoms with Crippen LogP contribution in [0, 0.1) is 22.7 Å². The summed E-state index contributed by atoms with van der Waals surface area (Å²) in [6.07, 6.45) is 0. The number of anilines is 6. The number of fused-ring (bicyclic) bond motifs is 2. The van der Waals surface area contributed by atoms with Crippen molar-refractivity contribution in [3.8, 4) is 12.1 Å². The van der Waals surface area contributed by atoms with Gasteiger partial charge in [0.05, 0.1) is 0 Å². The van der Waals surface area contributed by atoms with Crippen molar-refractivity contribution in [2.75, 3.05) is 9.80 Å². The molecule has 6 aromatic rings. The SMILES string of the molecule is N#Cc1nc2c(nc1C#N)N(c1ccccc1)c1nc(C(=O)c3ccccc3)c(C(=O)c3ccccc3)nc1N2c1ccccc1. The maximum Gasteiger partial charge on any atom is 0.213 e. The Bertz CT molecular complexity index is 2050. The van der Waals surface area contributed by atoms with E-state index in [-0.39, 0.29) is 46.0 Å². The molecule has 0 atom stereocenters. The van der Waals surface area contributed by atoms with E-state index in [2.05, 4.69) is 9.97 Å². The van der Waals surface area contributed by atoms with E-state index in [0.29, 0.717) is 22.5 Å². The lowest BCUT2D eigenvalue weighted by molar-refractivity contribution is 0.0996. The lowest BCUT2D eigenvalue weighted by Gasteiger charge is -2.37. The Morgan fingerprint density at radius 1 is 0.457 bits per heavy atom. The number of carbonyl (C=O) groups excluding carboxylic acids is 2. The topological polar surface area (TPSA) is 140 Å². The first kappa shape index (κ1) is 27.8. The predicted molar refractivity (Wildman–Crippen MR) is 170 cm³/mol. The number of carbonyl (C=O) groups is 2. The van der Waals surface area contributed by atoms with E-state index in [1.54, 1.807) is 94.7 Å². The molecule has 216 valence electrons. The van der Waals surface area contributed by atoms with Gasteiger partial charge in [0.2, 0.25) is 11.6 Å². The van der Waals surface area contributed by atoms with E-state index in [4.69, 9.17) is 9.97 Å². The second kappa shape index (κ2) is 11.6. The van der Waals surface area contributed by atoms with Crippen molar-refractivity contribution in [2.24, 2.45) is 0 Å². The first-order valence-electron chi connectivity index (χ1n) is 14.1. The molecule has 1 aliphatic rings. The molecule has 0 spiro atoms. The van der Waals surface area contributed by atoms with Crippen LogP contribution < -0.4 is 9.80 Å². The van der Waals surface area contributed by atoms with Gasteiger partial charge in [-0.25, -0.2) is 19.9 Å². The van der Waals surface area contributed by atoms with Gasteiger partial charge in [0.25, 0.3) is 0 Å². The van der Waals surface area contributed by atoms with Gasteiger partial charge < -0.3 is 0 Å². The number of hydrogen-bond donors (Lipinski definition) is 0. The van der Waals surface area contributed by atoms with Crippen LogP contribution in [-0.4, -0.2) is 31.5 Å². The molecule has 10 heteroatoms. The van der Waals surface area contributed by atoms with Gasteiger partial charge >= 0.3 is 0 Å². The van der Waals surface area contributed by atoms with Crippen LogP contribution in [0.1, 0.15) is 43.5 Å². The highest BCUT2D eigenvalue weighted by molar-refractivity contribution is 6.18. The molecular formula is C36H20N8O2. The van der Waals surface area contributed by atoms with Crippen molar-refractivity contribution in [1.82, 2.24) is 19.9 Å². The summed E-state index contributed by atoms with van der Waals surface area (Å²) in [5.74, 6) is -0.267. The number of ketones is 2. The summed E-state index contributed by atoms with van der Waals surface area (Å²) < 4.78 is 0. The summed E-state index contributed by atoms with van der Waals surface area (Å²) >= 11 is 0. The lowest BCUT2D eigenvalue weighted by atomic mass is 10.0. The van der Waals surface area contributed by atoms with E-state index in [1.165, 1.54) is 0 Å². The Morgan fingerprint density at radius 3 is 1.09 bits per heavy atom. The van der Waals surface area contributed by atoms with Crippen molar-refractivity contribution in [3.63, 3.8) is 0 Å². The second-order valence-electron chi connectivity index (χ2n) is 10.1. The van der Waals surface area contributed by atoms with Crippen molar-refractivity contribution in [1.29, 1.82) is 10.5 Å². The van der Waals surface area contributed by atoms with E-state index in [0.717, 1.165) is 0 Å². The number of benzene rings is 4. The average molecular weight is 597 g/mol. The highest BCUT2D eigenvalue weighted by atomic mass is 16.1. The average Bonchev–Trinajstić information content (AvgIpc) is 3.13. The highest BCUT2D eigenvalue weighted by Crippen LogP contribution is 2.51. The van der Waals surface area contributed by atoms with Crippen LogP contribution in [0.2, 0.25) is 0 Å². The van der Waals surface area contributed by atoms with E-state index >= 15 is 0 Å². The van der Waals surface area contributed by atoms with Crippen LogP contribution in [0.5, 0.6) is 0 Å². The summed E-state index contributed by atoms with van der Waals surface area (Å²) in [4.78, 5) is 50.5. The minimum atomic E-state index is -0.496. The van der Waals surface area contributed by atoms with Crippen molar-refractivity contribution < 1.29 is 9.59 Å². The molecule has 0 unspecified atom stereocenters. The molecule has 2 aromatic heterocycles. The fourth-order valence-corrected chi connectivity index (χ4v) is 5.20. The summed E-state index contributed by atoms with van der Waals surface area (Å²) in [6.45, 7) is 0. The zero-order valence-electron chi connectivity index (χ0n) is 23.9. The Labute approximate surface area is 263 Å². The Kier molecular flexibility index (Phi) is 6.98. The summed E-state index contributed by atoms with van der Waals surface area (Å²) in [7, 11) is 0. The molecule has 0 fully saturated rings. The minimum Gasteiger partial charge on any atom is -0.287 e. The Balaban J connectivity index is 1.59. The van der Waals surface area contributed by atoms with Gasteiger partial charge in [-0.3, -0.25) is 19.4 Å². The third kappa shape index (κ3) is 4.69. The van der Waals surface area contributed by atoms with Gasteiger partial charge in [-0.05, 0) is 24.3 Å². The third-order valence-electron chi connectivity index (χ3n) is 7.31. The first-order valence-corrected chi connectivity index (χ1v) is 14.1. The van der Waals surface area contributed by atoms with E-state index in [9.17, 15) is 20.1 Å². The standard InChI is InChI=1S/C36H20N8O2/c37-21-27-28(22-38)40-34-33(39-27)43(25-17-9-3-10-18-25)35-36(44(34)26-19-11-4-12-20-26)42-30(32(46)24-15-7-2-8-16-24)29(41-35)31(45)23-13-5-1-6-14-23/h1-20H. The first-order chi connectivity index (χ1) is 22.6. The number of aromatic nitrogens is 4. The fourth-order valence-electron chi connectivity index (χ4n) is 5.20. The van der Waals surface area contributed by atoms with Gasteiger partial charge in [-0.1, -0.05) is 97.1 Å². The molecule has 0 bridgehead atoms. The Morgan fingerprint density at radius 2 is 0.761 bits per heavy atom. The zero-order chi connectivity index (χ0) is 31.6. The van der Waals surface area contributed by atoms with Crippen LogP contribution >= 0.6 is 0 Å². The number of hydrogen-bond acceptors (Lipinski definition) is 10. The van der Waals surface area contributed by atoms with Gasteiger partial charge in [0, 0.05) is 22.5 Å². The smallest absolute Gasteiger partial charge is 0.213 e. The summed E-state index contributed by atoms with van der Waals surface area (Å²) in [6, 6.07) is 39.2. The maximum absolute atomic E-state index is 14.1. The van der Waals surface area contributed by atoms with Crippen LogP contribution in [0.25, 0.3) is 0 Å². The molecule has 3 heterocycles. The number of para-hydroxylation sites is 2. The Hall–Kier alpha value is -7.04. The molecule has 0 saturated carbocycles. The monoisotopic (exact) mass is 596 g/mol. The van der Waals surface area contributed by atoms with E-state index in [1.807, 2.05) is 48.5 Å². The molecule has 7 rings (SSSR count). The molecule has 0 N–H and O–H groups in total. The van der Waals surface area contributed by atoms with Crippen molar-refractivity contribution in [3.05, 3.63) is 155 Å². The molecule has 1 aliphatic heterocycles. The summed E-state index contributed by atoms with van der Waals surface area (Å²) in [5, 5.41) is 19.8. The third-order valence-corrected chi connectivity index (χ3v) is 7.31. The van der Waals surface area contributed by atoms with Crippen LogP contribution in [-0.2, 0) is 0 Å². The molecular weight excluding hydrogens is 576 g/mol. The quantitative estimate of drug-likeness (QED) is 0.190. The molecule has 10 nitrogen and oxygen atoms in total. The van der Waals surface area contributed by atoms with Crippen LogP contribution in [0.3, 0.4) is 0 Å². The number of nitriles is 2. The van der Waals surface area contributed by atoms with Crippen molar-refractivity contribution in [2.45, 2.75) is 0 Å². The molecule has 0 amide bonds. The van der Waals surface area contributed by atoms with Crippen molar-refractivity contribution >= 4 is 46.2 Å². The molecule has 0 radical (unpaired) electrons. The molecule has 4 aromatic carbocycles. The van der Waals surface area contributed by atoms with E-state index < -0.39 is 11.6 Å². The lowest BCUT2D eigenvalue weighted by Crippen LogP contribution is -2.31. The number of rotatable bonds is 6.